The van der Waals surface area contributed by atoms with Crippen molar-refractivity contribution < 1.29 is 24.8 Å². The summed E-state index contributed by atoms with van der Waals surface area (Å²) in [5, 5.41) is 16.7. The van der Waals surface area contributed by atoms with E-state index in [2.05, 4.69) is 42.0 Å². The normalized spacial score (nSPS) is 10.4. The molecule has 0 fully saturated rings. The summed E-state index contributed by atoms with van der Waals surface area (Å²) in [6.45, 7) is 7.24. The molecule has 0 heterocycles. The highest BCUT2D eigenvalue weighted by Crippen LogP contribution is 2.08. The Kier molecular flexibility index (Phi) is 34.3. The van der Waals surface area contributed by atoms with Crippen molar-refractivity contribution in [3.63, 3.8) is 0 Å². The van der Waals surface area contributed by atoms with Gasteiger partial charge in [0.1, 0.15) is 0 Å². The molecular weight excluding hydrogens is 376 g/mol. The molecule has 0 aromatic heterocycles. The standard InChI is InChI=1S/2C12H27N.CH2O3/c2*1-4-5-6-7-8-9-10-11-12-13(2)3;2-1(3)4/h2*4-12H2,1-3H3;(H2,2,3,4). The van der Waals surface area contributed by atoms with E-state index in [0.29, 0.717) is 0 Å². The van der Waals surface area contributed by atoms with Crippen LogP contribution in [0.2, 0.25) is 0 Å². The van der Waals surface area contributed by atoms with Crippen LogP contribution in [0.4, 0.5) is 4.79 Å². The predicted octanol–water partition coefficient (Wildman–Crippen LogP) is 2.10. The van der Waals surface area contributed by atoms with Crippen molar-refractivity contribution in [2.75, 3.05) is 41.3 Å². The molecule has 0 rings (SSSR count). The van der Waals surface area contributed by atoms with Gasteiger partial charge in [-0.1, -0.05) is 90.9 Å². The summed E-state index contributed by atoms with van der Waals surface area (Å²) in [4.78, 5) is 11.5. The van der Waals surface area contributed by atoms with E-state index in [0.717, 1.165) is 0 Å². The van der Waals surface area contributed by atoms with Gasteiger partial charge in [0.05, 0.1) is 41.3 Å². The first-order chi connectivity index (χ1) is 14.3. The van der Waals surface area contributed by atoms with Crippen molar-refractivity contribution in [3.05, 3.63) is 0 Å². The zero-order valence-electron chi connectivity index (χ0n) is 21.5. The van der Waals surface area contributed by atoms with E-state index in [-0.39, 0.29) is 0 Å². The molecular formula is C25H56N2O3. The molecule has 0 aromatic rings. The van der Waals surface area contributed by atoms with E-state index in [1.165, 1.54) is 116 Å². The van der Waals surface area contributed by atoms with Gasteiger partial charge < -0.3 is 24.8 Å². The maximum atomic E-state index is 8.33. The maximum absolute atomic E-state index is 8.33. The lowest BCUT2D eigenvalue weighted by atomic mass is 10.1. The van der Waals surface area contributed by atoms with E-state index >= 15 is 0 Å². The monoisotopic (exact) mass is 432 g/mol. The zero-order valence-corrected chi connectivity index (χ0v) is 21.5. The van der Waals surface area contributed by atoms with Gasteiger partial charge in [0.25, 0.3) is 0 Å². The van der Waals surface area contributed by atoms with Crippen LogP contribution in [0.15, 0.2) is 0 Å². The summed E-state index contributed by atoms with van der Waals surface area (Å²) in [5.74, 6) is 0. The lowest BCUT2D eigenvalue weighted by Gasteiger charge is -2.06. The Morgan fingerprint density at radius 3 is 0.900 bits per heavy atom. The van der Waals surface area contributed by atoms with Gasteiger partial charge in [-0.3, -0.25) is 0 Å². The first kappa shape index (κ1) is 33.8. The van der Waals surface area contributed by atoms with E-state index in [9.17, 15) is 0 Å². The SMILES string of the molecule is CCCCCCCCCC[NH+](C)C.CCCCCCCCCC[NH+](C)C.O=C([O-])[O-]. The average Bonchev–Trinajstić information content (AvgIpc) is 2.66. The minimum absolute atomic E-state index is 1.34. The summed E-state index contributed by atoms with van der Waals surface area (Å²) in [6.07, 6.45) is 20.6. The molecule has 0 saturated carbocycles. The van der Waals surface area contributed by atoms with Crippen molar-refractivity contribution in [1.29, 1.82) is 0 Å². The van der Waals surface area contributed by atoms with Gasteiger partial charge in [0, 0.05) is 0 Å². The Morgan fingerprint density at radius 2 is 0.700 bits per heavy atom. The summed E-state index contributed by atoms with van der Waals surface area (Å²) in [7, 11) is 8.95. The molecule has 5 heteroatoms. The lowest BCUT2D eigenvalue weighted by Crippen LogP contribution is -3.05. The van der Waals surface area contributed by atoms with Crippen molar-refractivity contribution in [1.82, 2.24) is 0 Å². The number of carbonyl (C=O) groups excluding carboxylic acids is 1. The van der Waals surface area contributed by atoms with Gasteiger partial charge in [-0.2, -0.15) is 0 Å². The third kappa shape index (κ3) is 50.6. The minimum Gasteiger partial charge on any atom is -0.652 e. The van der Waals surface area contributed by atoms with Crippen LogP contribution >= 0.6 is 0 Å². The second-order valence-corrected chi connectivity index (χ2v) is 9.11. The number of hydrogen-bond acceptors (Lipinski definition) is 3. The fraction of sp³-hybridized carbons (Fsp3) is 0.960. The minimum atomic E-state index is -2.33. The Bertz CT molecular complexity index is 283. The number of quaternary nitrogens is 2. The van der Waals surface area contributed by atoms with Gasteiger partial charge >= 0.3 is 0 Å². The number of rotatable bonds is 18. The molecule has 0 unspecified atom stereocenters. The fourth-order valence-electron chi connectivity index (χ4n) is 3.22. The second kappa shape index (κ2) is 30.4. The number of hydrogen-bond donors (Lipinski definition) is 2. The molecule has 0 aromatic carbocycles. The topological polar surface area (TPSA) is 72.1 Å². The first-order valence-electron chi connectivity index (χ1n) is 12.7. The molecule has 2 N–H and O–H groups in total. The summed E-state index contributed by atoms with van der Waals surface area (Å²) >= 11 is 0. The summed E-state index contributed by atoms with van der Waals surface area (Å²) in [6, 6.07) is 0. The molecule has 0 aliphatic carbocycles. The largest absolute Gasteiger partial charge is 0.652 e. The van der Waals surface area contributed by atoms with Crippen molar-refractivity contribution in [3.8, 4) is 0 Å². The third-order valence-corrected chi connectivity index (χ3v) is 5.06. The molecule has 0 radical (unpaired) electrons. The maximum Gasteiger partial charge on any atom is 0.0766 e. The van der Waals surface area contributed by atoms with Crippen molar-refractivity contribution in [2.45, 2.75) is 117 Å². The molecule has 30 heavy (non-hydrogen) atoms. The number of nitrogens with one attached hydrogen (secondary N) is 2. The lowest BCUT2D eigenvalue weighted by molar-refractivity contribution is -0.858. The van der Waals surface area contributed by atoms with E-state index < -0.39 is 6.16 Å². The van der Waals surface area contributed by atoms with Gasteiger partial charge in [0.15, 0.2) is 0 Å². The second-order valence-electron chi connectivity index (χ2n) is 9.11. The molecule has 0 bridgehead atoms. The molecule has 0 spiro atoms. The predicted molar refractivity (Wildman–Crippen MR) is 126 cm³/mol. The Hall–Kier alpha value is -0.810. The van der Waals surface area contributed by atoms with Crippen molar-refractivity contribution in [2.24, 2.45) is 0 Å². The molecule has 0 aliphatic rings. The van der Waals surface area contributed by atoms with Crippen LogP contribution in [0.25, 0.3) is 0 Å². The van der Waals surface area contributed by atoms with Crippen LogP contribution in [0, 0.1) is 0 Å². The number of carboxylic acid groups (broad SMARTS) is 2. The highest BCUT2D eigenvalue weighted by atomic mass is 16.6. The Labute approximate surface area is 189 Å². The molecule has 0 saturated heterocycles. The molecule has 0 amide bonds. The van der Waals surface area contributed by atoms with Crippen LogP contribution < -0.4 is 20.0 Å². The summed E-state index contributed by atoms with van der Waals surface area (Å²) in [5.41, 5.74) is 0. The van der Waals surface area contributed by atoms with Crippen LogP contribution in [-0.4, -0.2) is 47.4 Å². The van der Waals surface area contributed by atoms with Crippen LogP contribution in [-0.2, 0) is 0 Å². The van der Waals surface area contributed by atoms with E-state index in [1.807, 2.05) is 0 Å². The third-order valence-electron chi connectivity index (χ3n) is 5.06. The zero-order chi connectivity index (χ0) is 23.5. The number of unbranched alkanes of at least 4 members (excludes halogenated alkanes) is 14. The van der Waals surface area contributed by atoms with Gasteiger partial charge in [-0.05, 0) is 31.8 Å². The van der Waals surface area contributed by atoms with Gasteiger partial charge in [-0.25, -0.2) is 0 Å². The smallest absolute Gasteiger partial charge is 0.0766 e. The summed E-state index contributed by atoms with van der Waals surface area (Å²) < 4.78 is 0. The molecule has 5 nitrogen and oxygen atoms in total. The highest BCUT2D eigenvalue weighted by molar-refractivity contribution is 5.47. The van der Waals surface area contributed by atoms with Crippen LogP contribution in [0.1, 0.15) is 117 Å². The van der Waals surface area contributed by atoms with Crippen LogP contribution in [0.5, 0.6) is 0 Å². The average molecular weight is 433 g/mol. The van der Waals surface area contributed by atoms with E-state index in [4.69, 9.17) is 15.0 Å². The molecule has 0 aliphatic heterocycles. The number of carbonyl (C=O) groups is 1. The van der Waals surface area contributed by atoms with Gasteiger partial charge in [0.2, 0.25) is 0 Å². The molecule has 0 atom stereocenters. The molecule has 184 valence electrons. The van der Waals surface area contributed by atoms with Gasteiger partial charge in [-0.15, -0.1) is 0 Å². The van der Waals surface area contributed by atoms with Crippen LogP contribution in [0.3, 0.4) is 0 Å². The quantitative estimate of drug-likeness (QED) is 0.326. The Morgan fingerprint density at radius 1 is 0.500 bits per heavy atom. The van der Waals surface area contributed by atoms with Crippen molar-refractivity contribution >= 4 is 6.16 Å². The first-order valence-corrected chi connectivity index (χ1v) is 12.7. The van der Waals surface area contributed by atoms with E-state index in [1.54, 1.807) is 9.80 Å². The Balaban J connectivity index is -0.000000412. The fourth-order valence-corrected chi connectivity index (χ4v) is 3.22. The highest BCUT2D eigenvalue weighted by Gasteiger charge is 1.95.